The summed E-state index contributed by atoms with van der Waals surface area (Å²) in [6.07, 6.45) is 0. The minimum Gasteiger partial charge on any atom is -0.366 e. The van der Waals surface area contributed by atoms with Crippen LogP contribution in [-0.4, -0.2) is 24.1 Å². The van der Waals surface area contributed by atoms with E-state index in [-0.39, 0.29) is 18.5 Å². The van der Waals surface area contributed by atoms with E-state index in [0.717, 1.165) is 10.2 Å². The molecule has 0 aliphatic carbocycles. The number of hydrogen-bond donors (Lipinski definition) is 3. The molecule has 2 unspecified atom stereocenters. The molecule has 136 valence electrons. The van der Waals surface area contributed by atoms with Gasteiger partial charge in [-0.3, -0.25) is 9.59 Å². The second kappa shape index (κ2) is 8.24. The normalized spacial score (nSPS) is 18.8. The lowest BCUT2D eigenvalue weighted by molar-refractivity contribution is -0.115. The van der Waals surface area contributed by atoms with Crippen molar-refractivity contribution in [1.82, 2.24) is 5.32 Å². The molecule has 0 saturated heterocycles. The highest BCUT2D eigenvalue weighted by molar-refractivity contribution is 9.10. The Bertz CT molecular complexity index is 843. The molecule has 4 N–H and O–H groups in total. The number of para-hydroxylation sites is 1. The minimum atomic E-state index is -0.564. The molecule has 0 spiro atoms. The first kappa shape index (κ1) is 18.9. The Hall–Kier alpha value is -1.83. The van der Waals surface area contributed by atoms with Gasteiger partial charge in [-0.1, -0.05) is 35.0 Å². The van der Waals surface area contributed by atoms with Crippen molar-refractivity contribution in [2.75, 3.05) is 17.6 Å². The van der Waals surface area contributed by atoms with Gasteiger partial charge in [0.25, 0.3) is 5.91 Å². The topological polar surface area (TPSA) is 84.2 Å². The zero-order valence-electron chi connectivity index (χ0n) is 14.3. The Morgan fingerprint density at radius 3 is 2.81 bits per heavy atom. The quantitative estimate of drug-likeness (QED) is 0.672. The first-order valence-corrected chi connectivity index (χ1v) is 10.1. The highest BCUT2D eigenvalue weighted by Crippen LogP contribution is 2.40. The third-order valence-electron chi connectivity index (χ3n) is 4.33. The number of amides is 2. The van der Waals surface area contributed by atoms with Crippen LogP contribution in [0.3, 0.4) is 0 Å². The van der Waals surface area contributed by atoms with Crippen LogP contribution in [0.4, 0.5) is 5.69 Å². The number of rotatable bonds is 5. The van der Waals surface area contributed by atoms with Crippen molar-refractivity contribution in [3.8, 4) is 0 Å². The van der Waals surface area contributed by atoms with Gasteiger partial charge in [0.15, 0.2) is 0 Å². The minimum absolute atomic E-state index is 0.0980. The molecule has 1 aliphatic heterocycles. The molecule has 2 amide bonds. The molecule has 2 aromatic carbocycles. The molecule has 3 rings (SSSR count). The maximum atomic E-state index is 12.4. The average molecular weight is 434 g/mol. The SMILES string of the molecule is CC1CSc2ccc(Br)cc2C1NCC(=O)Nc1ccccc1C(N)=O. The first-order chi connectivity index (χ1) is 12.5. The van der Waals surface area contributed by atoms with E-state index in [9.17, 15) is 9.59 Å². The van der Waals surface area contributed by atoms with Crippen molar-refractivity contribution in [1.29, 1.82) is 0 Å². The zero-order chi connectivity index (χ0) is 18.7. The van der Waals surface area contributed by atoms with Crippen LogP contribution in [0, 0.1) is 5.92 Å². The van der Waals surface area contributed by atoms with E-state index in [1.54, 1.807) is 24.3 Å². The lowest BCUT2D eigenvalue weighted by Gasteiger charge is -2.31. The van der Waals surface area contributed by atoms with Gasteiger partial charge >= 0.3 is 0 Å². The molecular formula is C19H20BrN3O2S. The van der Waals surface area contributed by atoms with Crippen LogP contribution in [-0.2, 0) is 4.79 Å². The Morgan fingerprint density at radius 1 is 1.27 bits per heavy atom. The Labute approximate surface area is 165 Å². The molecule has 0 bridgehead atoms. The molecule has 0 saturated carbocycles. The number of halogens is 1. The van der Waals surface area contributed by atoms with Crippen LogP contribution < -0.4 is 16.4 Å². The number of carbonyl (C=O) groups is 2. The molecule has 1 aliphatic rings. The molecule has 1 heterocycles. The maximum absolute atomic E-state index is 12.4. The maximum Gasteiger partial charge on any atom is 0.250 e. The number of primary amides is 1. The molecule has 0 aromatic heterocycles. The highest BCUT2D eigenvalue weighted by atomic mass is 79.9. The Morgan fingerprint density at radius 2 is 2.04 bits per heavy atom. The van der Waals surface area contributed by atoms with Gasteiger partial charge in [-0.2, -0.15) is 0 Å². The van der Waals surface area contributed by atoms with Gasteiger partial charge in [-0.15, -0.1) is 11.8 Å². The van der Waals surface area contributed by atoms with Crippen LogP contribution in [0.15, 0.2) is 51.8 Å². The monoisotopic (exact) mass is 433 g/mol. The summed E-state index contributed by atoms with van der Waals surface area (Å²) < 4.78 is 1.03. The van der Waals surface area contributed by atoms with Crippen molar-refractivity contribution in [3.63, 3.8) is 0 Å². The number of thioether (sulfide) groups is 1. The molecule has 26 heavy (non-hydrogen) atoms. The molecule has 0 fully saturated rings. The van der Waals surface area contributed by atoms with Crippen LogP contribution >= 0.6 is 27.7 Å². The van der Waals surface area contributed by atoms with Crippen molar-refractivity contribution < 1.29 is 9.59 Å². The van der Waals surface area contributed by atoms with Gasteiger partial charge in [0, 0.05) is 21.2 Å². The number of fused-ring (bicyclic) bond motifs is 1. The summed E-state index contributed by atoms with van der Waals surface area (Å²) >= 11 is 5.36. The van der Waals surface area contributed by atoms with Crippen molar-refractivity contribution in [2.45, 2.75) is 17.9 Å². The molecule has 0 radical (unpaired) electrons. The highest BCUT2D eigenvalue weighted by Gasteiger charge is 2.27. The summed E-state index contributed by atoms with van der Waals surface area (Å²) in [6.45, 7) is 2.33. The predicted molar refractivity (Wildman–Crippen MR) is 108 cm³/mol. The third-order valence-corrected chi connectivity index (χ3v) is 6.20. The lowest BCUT2D eigenvalue weighted by atomic mass is 9.95. The van der Waals surface area contributed by atoms with E-state index < -0.39 is 5.91 Å². The zero-order valence-corrected chi connectivity index (χ0v) is 16.7. The van der Waals surface area contributed by atoms with Crippen LogP contribution in [0.25, 0.3) is 0 Å². The summed E-state index contributed by atoms with van der Waals surface area (Å²) in [7, 11) is 0. The van der Waals surface area contributed by atoms with E-state index in [4.69, 9.17) is 5.73 Å². The van der Waals surface area contributed by atoms with E-state index in [2.05, 4.69) is 45.6 Å². The largest absolute Gasteiger partial charge is 0.366 e. The summed E-state index contributed by atoms with van der Waals surface area (Å²) in [5.41, 5.74) is 7.29. The van der Waals surface area contributed by atoms with Crippen LogP contribution in [0.1, 0.15) is 28.9 Å². The van der Waals surface area contributed by atoms with Crippen molar-refractivity contribution in [3.05, 3.63) is 58.1 Å². The van der Waals surface area contributed by atoms with Gasteiger partial charge in [-0.05, 0) is 41.8 Å². The van der Waals surface area contributed by atoms with Crippen LogP contribution in [0.2, 0.25) is 0 Å². The van der Waals surface area contributed by atoms with E-state index in [1.807, 2.05) is 17.8 Å². The summed E-state index contributed by atoms with van der Waals surface area (Å²) in [6, 6.07) is 13.1. The van der Waals surface area contributed by atoms with E-state index in [1.165, 1.54) is 10.5 Å². The number of carbonyl (C=O) groups excluding carboxylic acids is 2. The average Bonchev–Trinajstić information content (AvgIpc) is 2.61. The van der Waals surface area contributed by atoms with E-state index in [0.29, 0.717) is 17.2 Å². The predicted octanol–water partition coefficient (Wildman–Crippen LogP) is 3.56. The van der Waals surface area contributed by atoms with Crippen LogP contribution in [0.5, 0.6) is 0 Å². The summed E-state index contributed by atoms with van der Waals surface area (Å²) in [5.74, 6) is 0.622. The Balaban J connectivity index is 1.69. The second-order valence-electron chi connectivity index (χ2n) is 6.29. The molecule has 2 aromatic rings. The van der Waals surface area contributed by atoms with E-state index >= 15 is 0 Å². The fourth-order valence-electron chi connectivity index (χ4n) is 3.03. The molecular weight excluding hydrogens is 414 g/mol. The van der Waals surface area contributed by atoms with Crippen molar-refractivity contribution >= 4 is 45.2 Å². The number of anilines is 1. The van der Waals surface area contributed by atoms with Gasteiger partial charge in [-0.25, -0.2) is 0 Å². The molecule has 2 atom stereocenters. The van der Waals surface area contributed by atoms with Gasteiger partial charge in [0.2, 0.25) is 5.91 Å². The van der Waals surface area contributed by atoms with Gasteiger partial charge in [0.1, 0.15) is 0 Å². The molecule has 7 heteroatoms. The number of benzene rings is 2. The van der Waals surface area contributed by atoms with Gasteiger partial charge in [0.05, 0.1) is 17.8 Å². The van der Waals surface area contributed by atoms with Gasteiger partial charge < -0.3 is 16.4 Å². The molecule has 5 nitrogen and oxygen atoms in total. The second-order valence-corrected chi connectivity index (χ2v) is 8.26. The smallest absolute Gasteiger partial charge is 0.250 e. The summed E-state index contributed by atoms with van der Waals surface area (Å²) in [4.78, 5) is 25.1. The summed E-state index contributed by atoms with van der Waals surface area (Å²) in [5, 5.41) is 6.13. The Kier molecular flexibility index (Phi) is 6.01. The third kappa shape index (κ3) is 4.28. The first-order valence-electron chi connectivity index (χ1n) is 8.30. The van der Waals surface area contributed by atoms with Crippen molar-refractivity contribution in [2.24, 2.45) is 11.7 Å². The number of nitrogens with one attached hydrogen (secondary N) is 2. The number of nitrogens with two attached hydrogens (primary N) is 1. The lowest BCUT2D eigenvalue weighted by Crippen LogP contribution is -2.36. The number of hydrogen-bond acceptors (Lipinski definition) is 4. The standard InChI is InChI=1S/C19H20BrN3O2S/c1-11-10-26-16-7-6-12(20)8-14(16)18(11)22-9-17(24)23-15-5-3-2-4-13(15)19(21)25/h2-8,11,18,22H,9-10H2,1H3,(H2,21,25)(H,23,24). The fraction of sp³-hybridized carbons (Fsp3) is 0.263. The fourth-order valence-corrected chi connectivity index (χ4v) is 4.56.